The summed E-state index contributed by atoms with van der Waals surface area (Å²) in [5.74, 6) is -0.0593. The maximum Gasteiger partial charge on any atom is 0.244 e. The highest BCUT2D eigenvalue weighted by Crippen LogP contribution is 2.28. The van der Waals surface area contributed by atoms with E-state index in [1.54, 1.807) is 29.2 Å². The molecule has 8 heteroatoms. The van der Waals surface area contributed by atoms with Crippen LogP contribution in [-0.4, -0.2) is 45.5 Å². The van der Waals surface area contributed by atoms with Crippen molar-refractivity contribution in [3.8, 4) is 5.75 Å². The lowest BCUT2D eigenvalue weighted by Gasteiger charge is -2.32. The number of aryl methyl sites for hydroxylation is 2. The first-order valence-electron chi connectivity index (χ1n) is 9.89. The van der Waals surface area contributed by atoms with Crippen LogP contribution in [-0.2, 0) is 21.2 Å². The predicted molar refractivity (Wildman–Crippen MR) is 112 cm³/mol. The molecule has 1 N–H and O–H groups in total. The van der Waals surface area contributed by atoms with Crippen molar-refractivity contribution in [2.24, 2.45) is 0 Å². The number of amides is 1. The molecule has 2 aromatic carbocycles. The molecule has 3 rings (SSSR count). The summed E-state index contributed by atoms with van der Waals surface area (Å²) in [5.41, 5.74) is 2.59. The molecule has 1 amide bonds. The van der Waals surface area contributed by atoms with Gasteiger partial charge in [-0.25, -0.2) is 17.5 Å². The van der Waals surface area contributed by atoms with Crippen LogP contribution in [0.1, 0.15) is 29.5 Å². The summed E-state index contributed by atoms with van der Waals surface area (Å²) >= 11 is 0. The molecule has 1 heterocycles. The van der Waals surface area contributed by atoms with Gasteiger partial charge in [-0.05, 0) is 67.6 Å². The fourth-order valence-corrected chi connectivity index (χ4v) is 5.09. The van der Waals surface area contributed by atoms with Crippen molar-refractivity contribution < 1.29 is 22.3 Å². The largest absolute Gasteiger partial charge is 0.495 e. The van der Waals surface area contributed by atoms with Crippen LogP contribution in [0, 0.1) is 19.7 Å². The van der Waals surface area contributed by atoms with E-state index in [9.17, 15) is 17.6 Å². The van der Waals surface area contributed by atoms with Crippen molar-refractivity contribution in [3.63, 3.8) is 0 Å². The number of carbonyl (C=O) groups excluding carboxylic acids is 1. The molecule has 0 atom stereocenters. The van der Waals surface area contributed by atoms with E-state index in [4.69, 9.17) is 4.74 Å². The van der Waals surface area contributed by atoms with Gasteiger partial charge in [0, 0.05) is 19.1 Å². The Morgan fingerprint density at radius 1 is 1.13 bits per heavy atom. The number of benzene rings is 2. The van der Waals surface area contributed by atoms with Gasteiger partial charge in [0.05, 0.1) is 13.5 Å². The number of methoxy groups -OCH3 is 1. The minimum Gasteiger partial charge on any atom is -0.495 e. The summed E-state index contributed by atoms with van der Waals surface area (Å²) in [6.45, 7) is 4.70. The molecule has 0 spiro atoms. The zero-order chi connectivity index (χ0) is 21.9. The molecule has 0 radical (unpaired) electrons. The van der Waals surface area contributed by atoms with Crippen LogP contribution >= 0.6 is 0 Å². The van der Waals surface area contributed by atoms with Crippen molar-refractivity contribution in [2.45, 2.75) is 44.0 Å². The second kappa shape index (κ2) is 9.14. The molecular weight excluding hydrogens is 407 g/mol. The monoisotopic (exact) mass is 434 g/mol. The van der Waals surface area contributed by atoms with Crippen molar-refractivity contribution >= 4 is 15.9 Å². The molecule has 1 saturated heterocycles. The van der Waals surface area contributed by atoms with E-state index >= 15 is 0 Å². The highest BCUT2D eigenvalue weighted by molar-refractivity contribution is 7.89. The van der Waals surface area contributed by atoms with Gasteiger partial charge >= 0.3 is 0 Å². The van der Waals surface area contributed by atoms with Crippen molar-refractivity contribution in [2.75, 3.05) is 20.2 Å². The molecule has 6 nitrogen and oxygen atoms in total. The van der Waals surface area contributed by atoms with Crippen LogP contribution in [0.3, 0.4) is 0 Å². The van der Waals surface area contributed by atoms with Crippen LogP contribution in [0.4, 0.5) is 4.39 Å². The minimum atomic E-state index is -3.75. The summed E-state index contributed by atoms with van der Waals surface area (Å²) in [4.78, 5) is 14.4. The molecule has 2 aromatic rings. The maximum atomic E-state index is 13.0. The molecule has 0 unspecified atom stereocenters. The number of likely N-dealkylation sites (tertiary alicyclic amines) is 1. The molecule has 0 aliphatic carbocycles. The standard InChI is InChI=1S/C22H27FN2O4S/c1-15-12-20(29-3)21(13-16(15)2)30(27,28)24-19-8-10-25(11-9-19)22(26)14-17-4-6-18(23)7-5-17/h4-7,12-13,19,24H,8-11,14H2,1-3H3. The quantitative estimate of drug-likeness (QED) is 0.759. The van der Waals surface area contributed by atoms with E-state index < -0.39 is 10.0 Å². The first-order chi connectivity index (χ1) is 14.2. The normalized spacial score (nSPS) is 15.3. The number of nitrogens with zero attached hydrogens (tertiary/aromatic N) is 1. The second-order valence-electron chi connectivity index (χ2n) is 7.67. The number of halogens is 1. The second-order valence-corrected chi connectivity index (χ2v) is 9.35. The lowest BCUT2D eigenvalue weighted by molar-refractivity contribution is -0.131. The average molecular weight is 435 g/mol. The van der Waals surface area contributed by atoms with E-state index in [-0.39, 0.29) is 29.1 Å². The first kappa shape index (κ1) is 22.2. The summed E-state index contributed by atoms with van der Waals surface area (Å²) < 4.78 is 46.9. The van der Waals surface area contributed by atoms with Crippen LogP contribution in [0.5, 0.6) is 5.75 Å². The topological polar surface area (TPSA) is 75.7 Å². The lowest BCUT2D eigenvalue weighted by Crippen LogP contribution is -2.46. The third-order valence-corrected chi connectivity index (χ3v) is 7.05. The fraction of sp³-hybridized carbons (Fsp3) is 0.409. The van der Waals surface area contributed by atoms with Crippen LogP contribution in [0.15, 0.2) is 41.3 Å². The Morgan fingerprint density at radius 2 is 1.73 bits per heavy atom. The fourth-order valence-electron chi connectivity index (χ4n) is 3.55. The SMILES string of the molecule is COc1cc(C)c(C)cc1S(=O)(=O)NC1CCN(C(=O)Cc2ccc(F)cc2)CC1. The van der Waals surface area contributed by atoms with E-state index in [2.05, 4.69) is 4.72 Å². The van der Waals surface area contributed by atoms with E-state index in [0.717, 1.165) is 16.7 Å². The smallest absolute Gasteiger partial charge is 0.244 e. The summed E-state index contributed by atoms with van der Waals surface area (Å²) in [6.07, 6.45) is 1.26. The molecular formula is C22H27FN2O4S. The molecule has 1 fully saturated rings. The maximum absolute atomic E-state index is 13.0. The Hall–Kier alpha value is -2.45. The van der Waals surface area contributed by atoms with Gasteiger partial charge in [-0.15, -0.1) is 0 Å². The van der Waals surface area contributed by atoms with Gasteiger partial charge in [-0.1, -0.05) is 12.1 Å². The van der Waals surface area contributed by atoms with Crippen molar-refractivity contribution in [1.82, 2.24) is 9.62 Å². The van der Waals surface area contributed by atoms with Crippen LogP contribution in [0.2, 0.25) is 0 Å². The predicted octanol–water partition coefficient (Wildman–Crippen LogP) is 2.96. The average Bonchev–Trinajstić information content (AvgIpc) is 2.71. The van der Waals surface area contributed by atoms with Gasteiger partial charge < -0.3 is 9.64 Å². The number of hydrogen-bond donors (Lipinski definition) is 1. The Labute approximate surface area is 177 Å². The molecule has 1 aliphatic rings. The van der Waals surface area contributed by atoms with Gasteiger partial charge in [0.25, 0.3) is 0 Å². The summed E-state index contributed by atoms with van der Waals surface area (Å²) in [7, 11) is -2.29. The third-order valence-electron chi connectivity index (χ3n) is 5.51. The molecule has 30 heavy (non-hydrogen) atoms. The number of carbonyl (C=O) groups is 1. The third kappa shape index (κ3) is 5.17. The highest BCUT2D eigenvalue weighted by Gasteiger charge is 2.28. The summed E-state index contributed by atoms with van der Waals surface area (Å²) in [5, 5.41) is 0. The van der Waals surface area contributed by atoms with Gasteiger partial charge in [0.15, 0.2) is 0 Å². The van der Waals surface area contributed by atoms with Gasteiger partial charge in [0.1, 0.15) is 16.5 Å². The Morgan fingerprint density at radius 3 is 2.33 bits per heavy atom. The first-order valence-corrected chi connectivity index (χ1v) is 11.4. The highest BCUT2D eigenvalue weighted by atomic mass is 32.2. The number of piperidine rings is 1. The van der Waals surface area contributed by atoms with E-state index in [0.29, 0.717) is 31.7 Å². The number of ether oxygens (including phenoxy) is 1. The minimum absolute atomic E-state index is 0.0428. The van der Waals surface area contributed by atoms with Gasteiger partial charge in [-0.3, -0.25) is 4.79 Å². The van der Waals surface area contributed by atoms with Crippen LogP contribution < -0.4 is 9.46 Å². The van der Waals surface area contributed by atoms with Crippen LogP contribution in [0.25, 0.3) is 0 Å². The lowest BCUT2D eigenvalue weighted by atomic mass is 10.0. The number of hydrogen-bond acceptors (Lipinski definition) is 4. The van der Waals surface area contributed by atoms with Gasteiger partial charge in [-0.2, -0.15) is 0 Å². The molecule has 0 saturated carbocycles. The Balaban J connectivity index is 1.60. The van der Waals surface area contributed by atoms with E-state index in [1.807, 2.05) is 13.8 Å². The zero-order valence-corrected chi connectivity index (χ0v) is 18.3. The number of nitrogens with one attached hydrogen (secondary N) is 1. The molecule has 0 aromatic heterocycles. The Kier molecular flexibility index (Phi) is 6.77. The summed E-state index contributed by atoms with van der Waals surface area (Å²) in [6, 6.07) is 8.97. The van der Waals surface area contributed by atoms with Crippen molar-refractivity contribution in [1.29, 1.82) is 0 Å². The molecule has 0 bridgehead atoms. The molecule has 1 aliphatic heterocycles. The molecule has 162 valence electrons. The Bertz CT molecular complexity index is 1010. The zero-order valence-electron chi connectivity index (χ0n) is 17.4. The number of rotatable bonds is 6. The van der Waals surface area contributed by atoms with E-state index in [1.165, 1.54) is 19.2 Å². The van der Waals surface area contributed by atoms with Gasteiger partial charge in [0.2, 0.25) is 15.9 Å². The van der Waals surface area contributed by atoms with Crippen molar-refractivity contribution in [3.05, 3.63) is 58.9 Å². The number of sulfonamides is 1.